The van der Waals surface area contributed by atoms with E-state index in [-0.39, 0.29) is 32.2 Å². The van der Waals surface area contributed by atoms with E-state index in [9.17, 15) is 0 Å². The molecule has 0 unspecified atom stereocenters. The molecule has 0 bridgehead atoms. The van der Waals surface area contributed by atoms with Crippen LogP contribution in [0.2, 0.25) is 0 Å². The van der Waals surface area contributed by atoms with E-state index in [1.807, 2.05) is 88.5 Å². The van der Waals surface area contributed by atoms with Crippen molar-refractivity contribution in [2.45, 2.75) is 39.2 Å². The van der Waals surface area contributed by atoms with Crippen LogP contribution in [-0.2, 0) is 26.2 Å². The molecule has 0 spiro atoms. The van der Waals surface area contributed by atoms with Crippen LogP contribution in [-0.4, -0.2) is 13.2 Å². The molecule has 0 N–H and O–H groups in total. The van der Waals surface area contributed by atoms with Gasteiger partial charge in [0.2, 0.25) is 0 Å². The summed E-state index contributed by atoms with van der Waals surface area (Å²) in [5.74, 6) is 1.27. The van der Waals surface area contributed by atoms with Crippen molar-refractivity contribution >= 4 is 5.69 Å². The third-order valence-electron chi connectivity index (χ3n) is 4.15. The fraction of sp³-hybridized carbons (Fsp3) is 0.320. The zero-order valence-electron chi connectivity index (χ0n) is 17.4. The number of unbranched alkanes of at least 4 members (excludes halogenated alkanes) is 1. The van der Waals surface area contributed by atoms with Crippen LogP contribution in [0, 0.1) is 77.0 Å². The predicted octanol–water partition coefficient (Wildman–Crippen LogP) is 6.77. The minimum absolute atomic E-state index is 0. The second-order valence-corrected chi connectivity index (χ2v) is 6.39. The Bertz CT molecular complexity index is 415. The number of benzene rings is 1. The van der Waals surface area contributed by atoms with Crippen molar-refractivity contribution in [2.75, 3.05) is 7.11 Å². The monoisotopic (exact) mass is 453 g/mol. The molecule has 2 nitrogen and oxygen atoms in total. The van der Waals surface area contributed by atoms with Crippen LogP contribution in [0.5, 0.6) is 5.75 Å². The van der Waals surface area contributed by atoms with Gasteiger partial charge in [0.15, 0.2) is 0 Å². The Labute approximate surface area is 194 Å². The molecule has 2 aliphatic carbocycles. The van der Waals surface area contributed by atoms with Crippen LogP contribution in [0.25, 0.3) is 5.32 Å². The minimum atomic E-state index is 0. The van der Waals surface area contributed by atoms with Crippen molar-refractivity contribution in [3.8, 4) is 5.75 Å². The van der Waals surface area contributed by atoms with Crippen LogP contribution in [0.3, 0.4) is 0 Å². The molecule has 146 valence electrons. The predicted molar refractivity (Wildman–Crippen MR) is 117 cm³/mol. The van der Waals surface area contributed by atoms with Gasteiger partial charge in [0.05, 0.1) is 7.11 Å². The maximum atomic E-state index is 5.12. The van der Waals surface area contributed by atoms with E-state index in [1.54, 1.807) is 7.11 Å². The average molecular weight is 455 g/mol. The van der Waals surface area contributed by atoms with E-state index in [2.05, 4.69) is 26.1 Å². The van der Waals surface area contributed by atoms with Crippen LogP contribution in [0.4, 0.5) is 5.69 Å². The Hall–Kier alpha value is -0.297. The van der Waals surface area contributed by atoms with Crippen molar-refractivity contribution in [3.63, 3.8) is 0 Å². The first-order chi connectivity index (χ1) is 13.2. The Morgan fingerprint density at radius 2 is 1.29 bits per heavy atom. The van der Waals surface area contributed by atoms with Gasteiger partial charge in [-0.3, -0.25) is 0 Å². The summed E-state index contributed by atoms with van der Waals surface area (Å²) < 4.78 is 5.12. The molecule has 28 heavy (non-hydrogen) atoms. The van der Waals surface area contributed by atoms with Crippen molar-refractivity contribution < 1.29 is 30.9 Å². The second-order valence-electron chi connectivity index (χ2n) is 6.39. The normalized spacial score (nSPS) is 17.1. The molecular formula is C25H33NOZr+2. The van der Waals surface area contributed by atoms with Gasteiger partial charge in [0.25, 0.3) is 0 Å². The zero-order valence-corrected chi connectivity index (χ0v) is 19.9. The van der Waals surface area contributed by atoms with Gasteiger partial charge in [0.1, 0.15) is 5.75 Å². The Balaban J connectivity index is 0.000000535. The summed E-state index contributed by atoms with van der Waals surface area (Å²) in [5, 5.41) is 4.67. The maximum Gasteiger partial charge on any atom is 4.00 e. The number of hydrogen-bond donors (Lipinski definition) is 0. The SMILES string of the molecule is [CH2-][C@H](CCCC)[C@@H](C)[N-]c1ccc(OC)cc1.[CH]1[CH][CH][CH][CH]1.[CH]1[CH][CH][CH][CH]1.[Zr+4]. The van der Waals surface area contributed by atoms with Crippen molar-refractivity contribution in [1.29, 1.82) is 0 Å². The van der Waals surface area contributed by atoms with E-state index in [1.165, 1.54) is 12.8 Å². The Morgan fingerprint density at radius 1 is 0.857 bits per heavy atom. The number of methoxy groups -OCH3 is 1. The van der Waals surface area contributed by atoms with Gasteiger partial charge in [-0.25, -0.2) is 0 Å². The summed E-state index contributed by atoms with van der Waals surface area (Å²) in [6.45, 7) is 8.53. The van der Waals surface area contributed by atoms with Crippen molar-refractivity contribution in [3.05, 3.63) is 101 Å². The quantitative estimate of drug-likeness (QED) is 0.417. The van der Waals surface area contributed by atoms with Gasteiger partial charge in [-0.15, -0.1) is 11.7 Å². The molecule has 1 aromatic carbocycles. The zero-order chi connectivity index (χ0) is 19.7. The molecular weight excluding hydrogens is 422 g/mol. The summed E-state index contributed by atoms with van der Waals surface area (Å²) in [5.41, 5.74) is 1.00. The standard InChI is InChI=1S/C15H23NO.2C5H5.Zr/c1-5-6-7-12(2)13(3)16-14-8-10-15(17-4)11-9-14;2*1-2-4-5-3-1;/h8-13H,2,5-7H2,1,3-4H3;2*1-5H;/q-2;;;+4/t12-,13-;;;/m1.../s1. The fourth-order valence-corrected chi connectivity index (χ4v) is 2.36. The molecule has 10 radical (unpaired) electrons. The van der Waals surface area contributed by atoms with Gasteiger partial charge in [0, 0.05) is 0 Å². The number of nitrogens with zero attached hydrogens (tertiary/aromatic N) is 1. The van der Waals surface area contributed by atoms with Gasteiger partial charge >= 0.3 is 26.2 Å². The first-order valence-electron chi connectivity index (χ1n) is 9.68. The molecule has 0 amide bonds. The Kier molecular flexibility index (Phi) is 18.5. The minimum Gasteiger partial charge on any atom is -0.684 e. The largest absolute Gasteiger partial charge is 4.00 e. The van der Waals surface area contributed by atoms with Gasteiger partial charge in [-0.2, -0.15) is 5.92 Å². The second kappa shape index (κ2) is 18.7. The fourth-order valence-electron chi connectivity index (χ4n) is 2.36. The molecule has 0 heterocycles. The molecule has 0 saturated heterocycles. The van der Waals surface area contributed by atoms with Gasteiger partial charge in [-0.05, 0) is 76.3 Å². The summed E-state index contributed by atoms with van der Waals surface area (Å²) in [6, 6.07) is 8.13. The summed E-state index contributed by atoms with van der Waals surface area (Å²) in [6.07, 6.45) is 23.6. The molecule has 0 aliphatic heterocycles. The summed E-state index contributed by atoms with van der Waals surface area (Å²) >= 11 is 0. The first kappa shape index (κ1) is 27.7. The van der Waals surface area contributed by atoms with Crippen molar-refractivity contribution in [2.24, 2.45) is 5.92 Å². The number of rotatable bonds is 7. The molecule has 2 aliphatic rings. The maximum absolute atomic E-state index is 5.12. The number of ether oxygens (including phenoxy) is 1. The van der Waals surface area contributed by atoms with E-state index < -0.39 is 0 Å². The smallest absolute Gasteiger partial charge is 0.684 e. The van der Waals surface area contributed by atoms with Crippen LogP contribution in [0.1, 0.15) is 33.1 Å². The first-order valence-corrected chi connectivity index (χ1v) is 9.68. The molecule has 3 heteroatoms. The third kappa shape index (κ3) is 13.8. The molecule has 1 aromatic rings. The molecule has 2 saturated carbocycles. The molecule has 0 aromatic heterocycles. The van der Waals surface area contributed by atoms with E-state index in [0.717, 1.165) is 17.9 Å². The average Bonchev–Trinajstić information content (AvgIpc) is 3.45. The van der Waals surface area contributed by atoms with Crippen LogP contribution >= 0.6 is 0 Å². The van der Waals surface area contributed by atoms with E-state index >= 15 is 0 Å². The van der Waals surface area contributed by atoms with E-state index in [4.69, 9.17) is 4.74 Å². The van der Waals surface area contributed by atoms with Gasteiger partial charge < -0.3 is 17.0 Å². The van der Waals surface area contributed by atoms with Crippen LogP contribution < -0.4 is 4.74 Å². The molecule has 2 fully saturated rings. The van der Waals surface area contributed by atoms with E-state index in [0.29, 0.717) is 5.92 Å². The third-order valence-corrected chi connectivity index (χ3v) is 4.15. The number of hydrogen-bond acceptors (Lipinski definition) is 1. The van der Waals surface area contributed by atoms with Gasteiger partial charge in [-0.1, -0.05) is 45.2 Å². The summed E-state index contributed by atoms with van der Waals surface area (Å²) in [4.78, 5) is 0. The Morgan fingerprint density at radius 3 is 1.64 bits per heavy atom. The molecule has 3 rings (SSSR count). The molecule has 2 atom stereocenters. The summed E-state index contributed by atoms with van der Waals surface area (Å²) in [7, 11) is 1.67. The topological polar surface area (TPSA) is 23.3 Å². The van der Waals surface area contributed by atoms with Crippen molar-refractivity contribution in [1.82, 2.24) is 0 Å². The van der Waals surface area contributed by atoms with Crippen LogP contribution in [0.15, 0.2) is 24.3 Å².